The van der Waals surface area contributed by atoms with Gasteiger partial charge in [-0.25, -0.2) is 0 Å². The summed E-state index contributed by atoms with van der Waals surface area (Å²) >= 11 is 5.60. The van der Waals surface area contributed by atoms with Gasteiger partial charge in [0.25, 0.3) is 0 Å². The average molecular weight is 777 g/mol. The van der Waals surface area contributed by atoms with Crippen molar-refractivity contribution in [2.24, 2.45) is 0 Å². The Hall–Kier alpha value is -4.68. The van der Waals surface area contributed by atoms with E-state index in [1.54, 1.807) is 0 Å². The first-order valence-electron chi connectivity index (χ1n) is 19.9. The maximum Gasteiger partial charge on any atom is 0.119 e. The molecule has 0 unspecified atom stereocenters. The average Bonchev–Trinajstić information content (AvgIpc) is 3.96. The summed E-state index contributed by atoms with van der Waals surface area (Å²) in [5, 5.41) is 12.3. The van der Waals surface area contributed by atoms with E-state index in [9.17, 15) is 0 Å². The van der Waals surface area contributed by atoms with Crippen molar-refractivity contribution in [2.45, 2.75) is 65.2 Å². The van der Waals surface area contributed by atoms with Crippen LogP contribution in [-0.2, 0) is 0 Å². The summed E-state index contributed by atoms with van der Waals surface area (Å²) in [6.45, 7) is 6.01. The molecule has 0 spiro atoms. The Balaban J connectivity index is 1.34. The zero-order valence-electron chi connectivity index (χ0n) is 31.8. The SMILES string of the molecule is CCCCCCOc1ccc(/C(c2scc3ccccc23)=c2/s/c(=C(\c3ccc(OCCCCCC)cc3)c3scc4ccccc34)c3ccccc23)cc1. The van der Waals surface area contributed by atoms with Gasteiger partial charge in [0.2, 0.25) is 0 Å². The van der Waals surface area contributed by atoms with Crippen LogP contribution in [0.2, 0.25) is 0 Å². The van der Waals surface area contributed by atoms with Crippen molar-refractivity contribution < 1.29 is 9.47 Å². The standard InChI is InChI=1S/C50H48O2S3/c1-3-5-7-15-31-51-39-27-23-35(24-28-39)45(47-41-19-11-9-17-37(41)33-53-47)49-43-21-13-14-22-44(43)50(55-49)46(48-42-20-12-10-18-38(42)34-54-48)36-25-29-40(30-26-36)52-32-16-8-6-4-2/h9-14,17-30,33-34H,3-8,15-16,31-32H2,1-2H3/b49-45-,50-46+. The maximum atomic E-state index is 6.22. The van der Waals surface area contributed by atoms with Gasteiger partial charge in [0, 0.05) is 51.5 Å². The normalized spacial score (nSPS) is 12.8. The van der Waals surface area contributed by atoms with E-state index >= 15 is 0 Å². The van der Waals surface area contributed by atoms with Crippen molar-refractivity contribution in [1.82, 2.24) is 0 Å². The number of ether oxygens (including phenoxy) is 2. The molecule has 0 aliphatic carbocycles. The molecule has 0 saturated heterocycles. The third kappa shape index (κ3) is 8.16. The summed E-state index contributed by atoms with van der Waals surface area (Å²) < 4.78 is 15.0. The number of benzene rings is 5. The summed E-state index contributed by atoms with van der Waals surface area (Å²) in [7, 11) is 0. The van der Waals surface area contributed by atoms with Crippen molar-refractivity contribution in [2.75, 3.05) is 13.2 Å². The molecule has 3 aromatic heterocycles. The summed E-state index contributed by atoms with van der Waals surface area (Å²) in [5.74, 6) is 1.86. The number of hydrogen-bond acceptors (Lipinski definition) is 5. The molecule has 0 N–H and O–H groups in total. The van der Waals surface area contributed by atoms with Gasteiger partial charge >= 0.3 is 0 Å². The summed E-state index contributed by atoms with van der Waals surface area (Å²) in [5.41, 5.74) is 4.95. The van der Waals surface area contributed by atoms with Gasteiger partial charge < -0.3 is 9.47 Å². The van der Waals surface area contributed by atoms with Gasteiger partial charge in [0.1, 0.15) is 11.5 Å². The number of unbranched alkanes of at least 4 members (excludes halogenated alkanes) is 6. The molecule has 0 aliphatic rings. The Kier molecular flexibility index (Phi) is 12.1. The van der Waals surface area contributed by atoms with Crippen molar-refractivity contribution >= 4 is 77.5 Å². The molecule has 2 nitrogen and oxygen atoms in total. The van der Waals surface area contributed by atoms with Crippen LogP contribution >= 0.6 is 34.0 Å². The van der Waals surface area contributed by atoms with Crippen LogP contribution in [0.1, 0.15) is 86.1 Å². The van der Waals surface area contributed by atoms with Gasteiger partial charge in [-0.15, -0.1) is 34.0 Å². The molecule has 0 atom stereocenters. The van der Waals surface area contributed by atoms with Crippen LogP contribution in [0.5, 0.6) is 11.5 Å². The Bertz CT molecular complexity index is 2440. The fourth-order valence-electron chi connectivity index (χ4n) is 7.44. The third-order valence-electron chi connectivity index (χ3n) is 10.4. The van der Waals surface area contributed by atoms with Gasteiger partial charge in [0.05, 0.1) is 13.2 Å². The molecule has 5 aromatic carbocycles. The number of rotatable bonds is 16. The highest BCUT2D eigenvalue weighted by Crippen LogP contribution is 2.38. The Labute approximate surface area is 337 Å². The van der Waals surface area contributed by atoms with Gasteiger partial charge in [-0.3, -0.25) is 0 Å². The van der Waals surface area contributed by atoms with Crippen LogP contribution in [0.3, 0.4) is 0 Å². The second-order valence-corrected chi connectivity index (χ2v) is 17.0. The van der Waals surface area contributed by atoms with Crippen molar-refractivity contribution in [3.63, 3.8) is 0 Å². The lowest BCUT2D eigenvalue weighted by atomic mass is 9.98. The molecule has 3 heterocycles. The predicted molar refractivity (Wildman–Crippen MR) is 240 cm³/mol. The van der Waals surface area contributed by atoms with Crippen molar-refractivity contribution in [3.05, 3.63) is 162 Å². The molecule has 0 aliphatic heterocycles. The Morgan fingerprint density at radius 3 is 1.25 bits per heavy atom. The quantitative estimate of drug-likeness (QED) is 0.0910. The molecule has 0 amide bonds. The second-order valence-electron chi connectivity index (χ2n) is 14.2. The Morgan fingerprint density at radius 1 is 0.436 bits per heavy atom. The Morgan fingerprint density at radius 2 is 0.836 bits per heavy atom. The van der Waals surface area contributed by atoms with Gasteiger partial charge in [0.15, 0.2) is 0 Å². The van der Waals surface area contributed by atoms with Gasteiger partial charge in [-0.1, -0.05) is 149 Å². The van der Waals surface area contributed by atoms with Crippen molar-refractivity contribution in [3.8, 4) is 11.5 Å². The van der Waals surface area contributed by atoms with Crippen LogP contribution in [0.4, 0.5) is 0 Å². The van der Waals surface area contributed by atoms with E-state index in [1.807, 2.05) is 34.0 Å². The highest BCUT2D eigenvalue weighted by molar-refractivity contribution is 7.14. The van der Waals surface area contributed by atoms with E-state index in [1.165, 1.54) is 112 Å². The van der Waals surface area contributed by atoms with Gasteiger partial charge in [-0.2, -0.15) is 0 Å². The lowest BCUT2D eigenvalue weighted by molar-refractivity contribution is 0.305. The molecule has 8 rings (SSSR count). The van der Waals surface area contributed by atoms with E-state index in [4.69, 9.17) is 9.47 Å². The van der Waals surface area contributed by atoms with Crippen LogP contribution in [0, 0.1) is 0 Å². The summed E-state index contributed by atoms with van der Waals surface area (Å²) in [4.78, 5) is 2.59. The largest absolute Gasteiger partial charge is 0.494 e. The highest BCUT2D eigenvalue weighted by atomic mass is 32.1. The van der Waals surface area contributed by atoms with Crippen molar-refractivity contribution in [1.29, 1.82) is 0 Å². The fourth-order valence-corrected chi connectivity index (χ4v) is 11.2. The number of fused-ring (bicyclic) bond motifs is 3. The third-order valence-corrected chi connectivity index (χ3v) is 13.7. The summed E-state index contributed by atoms with van der Waals surface area (Å²) in [6.07, 6.45) is 9.57. The molecule has 278 valence electrons. The van der Waals surface area contributed by atoms with Crippen LogP contribution < -0.4 is 18.5 Å². The minimum atomic E-state index is 0.756. The first-order chi connectivity index (χ1) is 27.2. The van der Waals surface area contributed by atoms with E-state index < -0.39 is 0 Å². The topological polar surface area (TPSA) is 18.5 Å². The number of hydrogen-bond donors (Lipinski definition) is 0. The second kappa shape index (κ2) is 17.8. The zero-order chi connectivity index (χ0) is 37.4. The lowest BCUT2D eigenvalue weighted by Gasteiger charge is -2.10. The molecular weight excluding hydrogens is 729 g/mol. The minimum absolute atomic E-state index is 0.756. The van der Waals surface area contributed by atoms with E-state index in [0.717, 1.165) is 37.6 Å². The van der Waals surface area contributed by atoms with Crippen LogP contribution in [-0.4, -0.2) is 13.2 Å². The molecule has 5 heteroatoms. The predicted octanol–water partition coefficient (Wildman–Crippen LogP) is 13.7. The highest BCUT2D eigenvalue weighted by Gasteiger charge is 2.20. The molecule has 0 bridgehead atoms. The van der Waals surface area contributed by atoms with E-state index in [0.29, 0.717) is 0 Å². The maximum absolute atomic E-state index is 6.22. The van der Waals surface area contributed by atoms with E-state index in [-0.39, 0.29) is 0 Å². The zero-order valence-corrected chi connectivity index (χ0v) is 34.3. The first-order valence-corrected chi connectivity index (χ1v) is 22.5. The smallest absolute Gasteiger partial charge is 0.119 e. The molecule has 8 aromatic rings. The lowest BCUT2D eigenvalue weighted by Crippen LogP contribution is -2.06. The van der Waals surface area contributed by atoms with Crippen LogP contribution in [0.15, 0.2) is 132 Å². The molecule has 55 heavy (non-hydrogen) atoms. The fraction of sp³-hybridized carbons (Fsp3) is 0.240. The molecular formula is C50H48O2S3. The monoisotopic (exact) mass is 776 g/mol. The van der Waals surface area contributed by atoms with E-state index in [2.05, 4.69) is 146 Å². The number of thiophene rings is 3. The molecule has 0 radical (unpaired) electrons. The first kappa shape index (κ1) is 37.3. The minimum Gasteiger partial charge on any atom is -0.494 e. The molecule has 0 fully saturated rings. The van der Waals surface area contributed by atoms with Gasteiger partial charge in [-0.05, 0) is 69.8 Å². The van der Waals surface area contributed by atoms with Crippen LogP contribution in [0.25, 0.3) is 43.5 Å². The molecule has 0 saturated carbocycles. The summed E-state index contributed by atoms with van der Waals surface area (Å²) in [6, 6.07) is 44.3.